The highest BCUT2D eigenvalue weighted by Crippen LogP contribution is 2.36. The summed E-state index contributed by atoms with van der Waals surface area (Å²) in [5.41, 5.74) is 2.80. The number of halogens is 3. The van der Waals surface area contributed by atoms with E-state index < -0.39 is 18.8 Å². The number of hydrogen-bond acceptors (Lipinski definition) is 6. The number of nitrogens with one attached hydrogen (secondary N) is 2. The number of amides is 1. The van der Waals surface area contributed by atoms with Crippen LogP contribution in [0.2, 0.25) is 0 Å². The molecule has 3 heterocycles. The van der Waals surface area contributed by atoms with Gasteiger partial charge >= 0.3 is 6.18 Å². The van der Waals surface area contributed by atoms with Crippen molar-refractivity contribution in [2.45, 2.75) is 52.2 Å². The summed E-state index contributed by atoms with van der Waals surface area (Å²) in [6.07, 6.45) is -4.29. The lowest BCUT2D eigenvalue weighted by molar-refractivity contribution is -0.208. The van der Waals surface area contributed by atoms with Gasteiger partial charge in [-0.3, -0.25) is 9.48 Å². The molecule has 2 unspecified atom stereocenters. The van der Waals surface area contributed by atoms with E-state index in [1.165, 1.54) is 12.4 Å². The van der Waals surface area contributed by atoms with Crippen molar-refractivity contribution in [2.75, 3.05) is 22.6 Å². The van der Waals surface area contributed by atoms with Crippen molar-refractivity contribution in [3.05, 3.63) is 29.7 Å². The van der Waals surface area contributed by atoms with E-state index in [0.29, 0.717) is 22.8 Å². The van der Waals surface area contributed by atoms with Crippen LogP contribution in [0.15, 0.2) is 18.5 Å². The second-order valence-electron chi connectivity index (χ2n) is 7.76. The van der Waals surface area contributed by atoms with Gasteiger partial charge in [0.05, 0.1) is 29.8 Å². The number of hydrogen-bond donors (Lipinski definition) is 3. The first-order valence-corrected chi connectivity index (χ1v) is 9.52. The summed E-state index contributed by atoms with van der Waals surface area (Å²) in [7, 11) is 1.86. The third kappa shape index (κ3) is 4.50. The molecule has 0 saturated heterocycles. The molecular formula is C19H25F3N6O2. The fourth-order valence-corrected chi connectivity index (χ4v) is 3.52. The van der Waals surface area contributed by atoms with Crippen LogP contribution in [0.25, 0.3) is 0 Å². The van der Waals surface area contributed by atoms with Crippen LogP contribution in [0, 0.1) is 12.8 Å². The van der Waals surface area contributed by atoms with Crippen LogP contribution in [0.4, 0.5) is 30.4 Å². The Labute approximate surface area is 172 Å². The van der Waals surface area contributed by atoms with E-state index in [-0.39, 0.29) is 24.4 Å². The first-order chi connectivity index (χ1) is 14.0. The Balaban J connectivity index is 1.72. The van der Waals surface area contributed by atoms with Gasteiger partial charge in [0.1, 0.15) is 11.9 Å². The van der Waals surface area contributed by atoms with Crippen molar-refractivity contribution in [3.8, 4) is 0 Å². The predicted octanol–water partition coefficient (Wildman–Crippen LogP) is 2.53. The number of aromatic nitrogens is 3. The lowest BCUT2D eigenvalue weighted by Crippen LogP contribution is -2.49. The van der Waals surface area contributed by atoms with Crippen LogP contribution in [0.3, 0.4) is 0 Å². The summed E-state index contributed by atoms with van der Waals surface area (Å²) in [5, 5.41) is 19.1. The second kappa shape index (κ2) is 8.13. The molecule has 0 spiro atoms. The van der Waals surface area contributed by atoms with E-state index >= 15 is 0 Å². The summed E-state index contributed by atoms with van der Waals surface area (Å²) in [6.45, 7) is 5.38. The lowest BCUT2D eigenvalue weighted by Gasteiger charge is -2.38. The molecule has 1 amide bonds. The molecule has 164 valence electrons. The Kier molecular flexibility index (Phi) is 5.93. The van der Waals surface area contributed by atoms with Crippen molar-refractivity contribution < 1.29 is 23.1 Å². The van der Waals surface area contributed by atoms with Gasteiger partial charge in [-0.2, -0.15) is 18.3 Å². The van der Waals surface area contributed by atoms with Gasteiger partial charge in [-0.15, -0.1) is 0 Å². The zero-order chi connectivity index (χ0) is 22.2. The lowest BCUT2D eigenvalue weighted by atomic mass is 9.98. The summed E-state index contributed by atoms with van der Waals surface area (Å²) < 4.78 is 38.5. The summed E-state index contributed by atoms with van der Waals surface area (Å²) in [6, 6.07) is 1.53. The number of nitrogens with zero attached hydrogens (tertiary/aromatic N) is 4. The van der Waals surface area contributed by atoms with E-state index in [4.69, 9.17) is 5.11 Å². The van der Waals surface area contributed by atoms with Crippen LogP contribution >= 0.6 is 0 Å². The Morgan fingerprint density at radius 3 is 2.70 bits per heavy atom. The van der Waals surface area contributed by atoms with E-state index in [2.05, 4.69) is 20.7 Å². The summed E-state index contributed by atoms with van der Waals surface area (Å²) in [4.78, 5) is 18.8. The predicted molar refractivity (Wildman–Crippen MR) is 106 cm³/mol. The molecule has 0 aliphatic carbocycles. The normalized spacial score (nSPS) is 17.7. The van der Waals surface area contributed by atoms with E-state index in [0.717, 1.165) is 10.4 Å². The van der Waals surface area contributed by atoms with Crippen molar-refractivity contribution >= 4 is 23.1 Å². The maximum absolute atomic E-state index is 12.5. The number of rotatable bonds is 6. The zero-order valence-electron chi connectivity index (χ0n) is 17.2. The minimum absolute atomic E-state index is 0.0703. The third-order valence-corrected chi connectivity index (χ3v) is 5.02. The topological polar surface area (TPSA) is 95.3 Å². The number of likely N-dealkylation sites (N-methyl/N-ethyl adjacent to an activating group) is 1. The first kappa shape index (κ1) is 21.9. The van der Waals surface area contributed by atoms with Crippen LogP contribution < -0.4 is 15.5 Å². The van der Waals surface area contributed by atoms with Gasteiger partial charge < -0.3 is 20.6 Å². The standard InChI is InChI=1S/C19H25F3N6O2/c1-10(2)17-18(30)26-16-11(3)25-15(5-13(16)27(17)4)23-6-12-7-24-28(8-12)9-14(29)19(20,21)22/h5,7-8,10,14,17,29H,6,9H2,1-4H3,(H,23,25)(H,26,30). The highest BCUT2D eigenvalue weighted by atomic mass is 19.4. The number of aliphatic hydroxyl groups excluding tert-OH is 1. The number of pyridine rings is 1. The number of carbonyl (C=O) groups is 1. The molecule has 8 nitrogen and oxygen atoms in total. The van der Waals surface area contributed by atoms with Crippen LogP contribution in [0.5, 0.6) is 0 Å². The minimum atomic E-state index is -4.69. The van der Waals surface area contributed by atoms with Crippen molar-refractivity contribution in [2.24, 2.45) is 5.92 Å². The molecule has 2 aromatic heterocycles. The van der Waals surface area contributed by atoms with E-state index in [1.807, 2.05) is 31.9 Å². The maximum Gasteiger partial charge on any atom is 0.416 e. The molecule has 3 rings (SSSR count). The fraction of sp³-hybridized carbons (Fsp3) is 0.526. The van der Waals surface area contributed by atoms with E-state index in [1.54, 1.807) is 6.92 Å². The van der Waals surface area contributed by atoms with E-state index in [9.17, 15) is 18.0 Å². The van der Waals surface area contributed by atoms with Gasteiger partial charge in [-0.05, 0) is 12.8 Å². The van der Waals surface area contributed by atoms with Crippen LogP contribution in [-0.4, -0.2) is 51.1 Å². The molecule has 0 bridgehead atoms. The van der Waals surface area contributed by atoms with Gasteiger partial charge in [0, 0.05) is 31.4 Å². The highest BCUT2D eigenvalue weighted by Gasteiger charge is 2.38. The number of fused-ring (bicyclic) bond motifs is 1. The molecule has 2 atom stereocenters. The summed E-state index contributed by atoms with van der Waals surface area (Å²) >= 11 is 0. The largest absolute Gasteiger partial charge is 0.416 e. The number of carbonyl (C=O) groups excluding carboxylic acids is 1. The Hall–Kier alpha value is -2.82. The number of anilines is 3. The van der Waals surface area contributed by atoms with Gasteiger partial charge in [0.2, 0.25) is 5.91 Å². The first-order valence-electron chi connectivity index (χ1n) is 9.52. The third-order valence-electron chi connectivity index (χ3n) is 5.02. The second-order valence-corrected chi connectivity index (χ2v) is 7.76. The highest BCUT2D eigenvalue weighted by molar-refractivity contribution is 6.04. The molecule has 1 aliphatic rings. The van der Waals surface area contributed by atoms with Gasteiger partial charge in [-0.1, -0.05) is 13.8 Å². The van der Waals surface area contributed by atoms with Crippen LogP contribution in [-0.2, 0) is 17.9 Å². The van der Waals surface area contributed by atoms with Crippen LogP contribution in [0.1, 0.15) is 25.1 Å². The maximum atomic E-state index is 12.5. The average molecular weight is 426 g/mol. The number of aryl methyl sites for hydroxylation is 1. The Morgan fingerprint density at radius 1 is 1.37 bits per heavy atom. The molecule has 2 aromatic rings. The number of alkyl halides is 3. The molecular weight excluding hydrogens is 401 g/mol. The molecule has 0 fully saturated rings. The van der Waals surface area contributed by atoms with Gasteiger partial charge in [0.15, 0.2) is 6.10 Å². The average Bonchev–Trinajstić information content (AvgIpc) is 3.07. The SMILES string of the molecule is Cc1nc(NCc2cnn(CC(O)C(F)(F)F)c2)cc2c1NC(=O)C(C(C)C)N2C. The molecule has 0 radical (unpaired) electrons. The minimum Gasteiger partial charge on any atom is -0.382 e. The monoisotopic (exact) mass is 426 g/mol. The molecule has 0 saturated carbocycles. The zero-order valence-corrected chi connectivity index (χ0v) is 17.2. The fourth-order valence-electron chi connectivity index (χ4n) is 3.52. The van der Waals surface area contributed by atoms with Crippen molar-refractivity contribution in [1.29, 1.82) is 0 Å². The Bertz CT molecular complexity index is 927. The molecule has 11 heteroatoms. The quantitative estimate of drug-likeness (QED) is 0.657. The number of aliphatic hydroxyl groups is 1. The van der Waals surface area contributed by atoms with Crippen molar-refractivity contribution in [1.82, 2.24) is 14.8 Å². The Morgan fingerprint density at radius 2 is 2.07 bits per heavy atom. The summed E-state index contributed by atoms with van der Waals surface area (Å²) in [5.74, 6) is 0.616. The molecule has 3 N–H and O–H groups in total. The van der Waals surface area contributed by atoms with Crippen molar-refractivity contribution in [3.63, 3.8) is 0 Å². The van der Waals surface area contributed by atoms with Gasteiger partial charge in [0.25, 0.3) is 0 Å². The smallest absolute Gasteiger partial charge is 0.382 e. The van der Waals surface area contributed by atoms with Gasteiger partial charge in [-0.25, -0.2) is 4.98 Å². The molecule has 30 heavy (non-hydrogen) atoms. The molecule has 1 aliphatic heterocycles. The molecule has 0 aromatic carbocycles.